The number of nitrogens with zero attached hydrogens (tertiary/aromatic N) is 1. The molecule has 1 heterocycles. The van der Waals surface area contributed by atoms with Crippen LogP contribution in [0.25, 0.3) is 0 Å². The summed E-state index contributed by atoms with van der Waals surface area (Å²) in [5.74, 6) is 1.80. The standard InChI is InChI=1S/C16H17NO3S2/c1-19-15-12(21-2)7-6-10(16(15)22-3)13(18)11-8-17-20-14(11)9-4-5-9/h6-9H,4-5H2,1-3H3. The van der Waals surface area contributed by atoms with Gasteiger partial charge in [0.05, 0.1) is 28.7 Å². The zero-order valence-corrected chi connectivity index (χ0v) is 14.3. The molecule has 0 spiro atoms. The summed E-state index contributed by atoms with van der Waals surface area (Å²) in [5, 5.41) is 3.82. The number of hydrogen-bond donors (Lipinski definition) is 0. The molecule has 22 heavy (non-hydrogen) atoms. The Morgan fingerprint density at radius 2 is 2.05 bits per heavy atom. The van der Waals surface area contributed by atoms with Gasteiger partial charge in [-0.2, -0.15) is 0 Å². The van der Waals surface area contributed by atoms with Crippen molar-refractivity contribution >= 4 is 29.3 Å². The number of ketones is 1. The lowest BCUT2D eigenvalue weighted by Gasteiger charge is -2.14. The number of thioether (sulfide) groups is 2. The zero-order chi connectivity index (χ0) is 15.7. The van der Waals surface area contributed by atoms with E-state index < -0.39 is 0 Å². The Balaban J connectivity index is 2.07. The number of methoxy groups -OCH3 is 1. The quantitative estimate of drug-likeness (QED) is 0.581. The second-order valence-corrected chi connectivity index (χ2v) is 6.75. The Kier molecular flexibility index (Phi) is 4.49. The van der Waals surface area contributed by atoms with E-state index in [4.69, 9.17) is 9.26 Å². The Hall–Kier alpha value is -1.40. The lowest BCUT2D eigenvalue weighted by molar-refractivity contribution is 0.103. The second kappa shape index (κ2) is 6.38. The van der Waals surface area contributed by atoms with Gasteiger partial charge in [0.15, 0.2) is 11.5 Å². The molecule has 1 fully saturated rings. The summed E-state index contributed by atoms with van der Waals surface area (Å²) in [4.78, 5) is 14.8. The van der Waals surface area contributed by atoms with Gasteiger partial charge in [-0.25, -0.2) is 0 Å². The van der Waals surface area contributed by atoms with Crippen LogP contribution in [0.3, 0.4) is 0 Å². The highest BCUT2D eigenvalue weighted by Crippen LogP contribution is 2.43. The van der Waals surface area contributed by atoms with Crippen LogP contribution in [0.1, 0.15) is 40.4 Å². The molecule has 0 unspecified atom stereocenters. The maximum Gasteiger partial charge on any atom is 0.199 e. The van der Waals surface area contributed by atoms with Crippen molar-refractivity contribution in [1.82, 2.24) is 5.16 Å². The molecule has 0 N–H and O–H groups in total. The van der Waals surface area contributed by atoms with Gasteiger partial charge < -0.3 is 9.26 Å². The summed E-state index contributed by atoms with van der Waals surface area (Å²) >= 11 is 3.13. The fourth-order valence-electron chi connectivity index (χ4n) is 2.48. The molecule has 1 aromatic carbocycles. The smallest absolute Gasteiger partial charge is 0.199 e. The molecular formula is C16H17NO3S2. The van der Waals surface area contributed by atoms with E-state index in [0.717, 1.165) is 34.1 Å². The molecule has 1 aliphatic carbocycles. The second-order valence-electron chi connectivity index (χ2n) is 5.09. The van der Waals surface area contributed by atoms with E-state index in [-0.39, 0.29) is 5.78 Å². The summed E-state index contributed by atoms with van der Waals surface area (Å²) < 4.78 is 10.8. The Morgan fingerprint density at radius 1 is 1.27 bits per heavy atom. The van der Waals surface area contributed by atoms with Crippen LogP contribution in [-0.4, -0.2) is 30.6 Å². The number of carbonyl (C=O) groups excluding carboxylic acids is 1. The Bertz CT molecular complexity index is 707. The van der Waals surface area contributed by atoms with Crippen LogP contribution in [0.5, 0.6) is 5.75 Å². The highest BCUT2D eigenvalue weighted by Gasteiger charge is 2.33. The molecule has 0 radical (unpaired) electrons. The molecule has 0 bridgehead atoms. The summed E-state index contributed by atoms with van der Waals surface area (Å²) in [6.07, 6.45) is 7.62. The van der Waals surface area contributed by atoms with E-state index in [2.05, 4.69) is 5.16 Å². The normalized spacial score (nSPS) is 14.1. The zero-order valence-electron chi connectivity index (χ0n) is 12.7. The molecule has 6 heteroatoms. The first-order chi connectivity index (χ1) is 10.7. The fraction of sp³-hybridized carbons (Fsp3) is 0.375. The van der Waals surface area contributed by atoms with Gasteiger partial charge >= 0.3 is 0 Å². The first-order valence-electron chi connectivity index (χ1n) is 6.99. The third-order valence-electron chi connectivity index (χ3n) is 3.74. The summed E-state index contributed by atoms with van der Waals surface area (Å²) in [7, 11) is 1.64. The molecule has 0 atom stereocenters. The van der Waals surface area contributed by atoms with Crippen LogP contribution < -0.4 is 4.74 Å². The van der Waals surface area contributed by atoms with Crippen LogP contribution in [0.4, 0.5) is 0 Å². The summed E-state index contributed by atoms with van der Waals surface area (Å²) in [6.45, 7) is 0. The van der Waals surface area contributed by atoms with Gasteiger partial charge in [0.25, 0.3) is 0 Å². The van der Waals surface area contributed by atoms with Crippen molar-refractivity contribution in [2.75, 3.05) is 19.6 Å². The minimum absolute atomic E-state index is 0.0431. The van der Waals surface area contributed by atoms with Crippen molar-refractivity contribution in [3.63, 3.8) is 0 Å². The summed E-state index contributed by atoms with van der Waals surface area (Å²) in [6, 6.07) is 3.80. The lowest BCUT2D eigenvalue weighted by atomic mass is 10.0. The molecule has 1 saturated carbocycles. The molecular weight excluding hydrogens is 318 g/mol. The molecule has 0 amide bonds. The van der Waals surface area contributed by atoms with Gasteiger partial charge in [-0.05, 0) is 37.5 Å². The molecule has 1 aliphatic rings. The first kappa shape index (κ1) is 15.5. The number of ether oxygens (including phenoxy) is 1. The maximum atomic E-state index is 12.9. The van der Waals surface area contributed by atoms with Crippen molar-refractivity contribution in [2.24, 2.45) is 0 Å². The lowest BCUT2D eigenvalue weighted by Crippen LogP contribution is -2.06. The van der Waals surface area contributed by atoms with Crippen molar-refractivity contribution in [3.05, 3.63) is 35.2 Å². The average molecular weight is 335 g/mol. The van der Waals surface area contributed by atoms with Gasteiger partial charge in [-0.1, -0.05) is 5.16 Å². The molecule has 3 rings (SSSR count). The Morgan fingerprint density at radius 3 is 2.64 bits per heavy atom. The maximum absolute atomic E-state index is 12.9. The van der Waals surface area contributed by atoms with Crippen molar-refractivity contribution in [3.8, 4) is 5.75 Å². The predicted molar refractivity (Wildman–Crippen MR) is 88.5 cm³/mol. The minimum Gasteiger partial charge on any atom is -0.494 e. The average Bonchev–Trinajstić information content (AvgIpc) is 3.29. The van der Waals surface area contributed by atoms with Crippen molar-refractivity contribution in [2.45, 2.75) is 28.6 Å². The van der Waals surface area contributed by atoms with Crippen LogP contribution in [-0.2, 0) is 0 Å². The van der Waals surface area contributed by atoms with Gasteiger partial charge in [0.1, 0.15) is 5.75 Å². The van der Waals surface area contributed by atoms with E-state index in [0.29, 0.717) is 17.0 Å². The molecule has 0 saturated heterocycles. The number of hydrogen-bond acceptors (Lipinski definition) is 6. The van der Waals surface area contributed by atoms with Gasteiger partial charge in [-0.15, -0.1) is 23.5 Å². The van der Waals surface area contributed by atoms with E-state index in [9.17, 15) is 4.79 Å². The van der Waals surface area contributed by atoms with Gasteiger partial charge in [0.2, 0.25) is 0 Å². The summed E-state index contributed by atoms with van der Waals surface area (Å²) in [5.41, 5.74) is 1.23. The van der Waals surface area contributed by atoms with E-state index in [1.807, 2.05) is 24.6 Å². The van der Waals surface area contributed by atoms with Crippen LogP contribution in [0.2, 0.25) is 0 Å². The predicted octanol–water partition coefficient (Wildman–Crippen LogP) is 4.24. The van der Waals surface area contributed by atoms with Crippen molar-refractivity contribution < 1.29 is 14.1 Å². The number of benzene rings is 1. The van der Waals surface area contributed by atoms with Crippen LogP contribution in [0, 0.1) is 0 Å². The number of aromatic nitrogens is 1. The number of rotatable bonds is 6. The highest BCUT2D eigenvalue weighted by molar-refractivity contribution is 7.99. The van der Waals surface area contributed by atoms with E-state index >= 15 is 0 Å². The molecule has 4 nitrogen and oxygen atoms in total. The minimum atomic E-state index is -0.0431. The number of carbonyl (C=O) groups is 1. The molecule has 1 aromatic heterocycles. The highest BCUT2D eigenvalue weighted by atomic mass is 32.2. The SMILES string of the molecule is COc1c(SC)ccc(C(=O)c2cnoc2C2CC2)c1SC. The van der Waals surface area contributed by atoms with Gasteiger partial charge in [0, 0.05) is 11.5 Å². The van der Waals surface area contributed by atoms with Crippen LogP contribution >= 0.6 is 23.5 Å². The molecule has 0 aliphatic heterocycles. The fourth-order valence-corrected chi connectivity index (χ4v) is 3.88. The largest absolute Gasteiger partial charge is 0.494 e. The Labute approximate surface area is 138 Å². The topological polar surface area (TPSA) is 52.3 Å². The van der Waals surface area contributed by atoms with Crippen molar-refractivity contribution in [1.29, 1.82) is 0 Å². The molecule has 2 aromatic rings. The van der Waals surface area contributed by atoms with E-state index in [1.54, 1.807) is 18.9 Å². The monoisotopic (exact) mass is 335 g/mol. The third kappa shape index (κ3) is 2.65. The third-order valence-corrected chi connectivity index (χ3v) is 5.31. The molecule has 116 valence electrons. The van der Waals surface area contributed by atoms with Crippen LogP contribution in [0.15, 0.2) is 32.6 Å². The van der Waals surface area contributed by atoms with E-state index in [1.165, 1.54) is 18.0 Å². The van der Waals surface area contributed by atoms with Gasteiger partial charge in [-0.3, -0.25) is 4.79 Å². The first-order valence-corrected chi connectivity index (χ1v) is 9.44.